The van der Waals surface area contributed by atoms with Crippen LogP contribution in [-0.2, 0) is 9.59 Å². The van der Waals surface area contributed by atoms with Crippen molar-refractivity contribution in [1.29, 1.82) is 0 Å². The van der Waals surface area contributed by atoms with Gasteiger partial charge in [-0.2, -0.15) is 0 Å². The van der Waals surface area contributed by atoms with Gasteiger partial charge in [-0.15, -0.1) is 0 Å². The van der Waals surface area contributed by atoms with Crippen LogP contribution in [0.1, 0.15) is 38.1 Å². The van der Waals surface area contributed by atoms with Gasteiger partial charge in [0, 0.05) is 10.9 Å². The largest absolute Gasteiger partial charge is 0.497 e. The lowest BCUT2D eigenvalue weighted by molar-refractivity contribution is -0.127. The molecule has 0 bridgehead atoms. The molecule has 0 saturated carbocycles. The van der Waals surface area contributed by atoms with Crippen LogP contribution in [0.2, 0.25) is 0 Å². The quantitative estimate of drug-likeness (QED) is 0.699. The molecule has 2 atom stereocenters. The average Bonchev–Trinajstić information content (AvgIpc) is 2.95. The molecular formula is C19H27N3O4. The fourth-order valence-corrected chi connectivity index (χ4v) is 2.71. The van der Waals surface area contributed by atoms with E-state index in [9.17, 15) is 9.59 Å². The van der Waals surface area contributed by atoms with Crippen LogP contribution in [0, 0.1) is 12.8 Å². The Morgan fingerprint density at radius 3 is 2.58 bits per heavy atom. The van der Waals surface area contributed by atoms with Crippen molar-refractivity contribution < 1.29 is 18.7 Å². The molecule has 7 heteroatoms. The number of carbonyl (C=O) groups is 2. The maximum Gasteiger partial charge on any atom is 0.239 e. The fourth-order valence-electron chi connectivity index (χ4n) is 2.71. The molecule has 0 aliphatic rings. The highest BCUT2D eigenvalue weighted by molar-refractivity contribution is 5.88. The number of ether oxygens (including phenoxy) is 1. The van der Waals surface area contributed by atoms with Crippen molar-refractivity contribution in [2.24, 2.45) is 11.7 Å². The van der Waals surface area contributed by atoms with Gasteiger partial charge in [0.2, 0.25) is 11.8 Å². The number of amides is 2. The van der Waals surface area contributed by atoms with Crippen LogP contribution in [0.15, 0.2) is 22.6 Å². The van der Waals surface area contributed by atoms with Gasteiger partial charge in [-0.05, 0) is 38.0 Å². The van der Waals surface area contributed by atoms with Crippen LogP contribution < -0.4 is 21.1 Å². The van der Waals surface area contributed by atoms with E-state index in [0.717, 1.165) is 22.3 Å². The van der Waals surface area contributed by atoms with E-state index < -0.39 is 6.04 Å². The Balaban J connectivity index is 2.02. The number of nitrogens with two attached hydrogens (primary N) is 1. The summed E-state index contributed by atoms with van der Waals surface area (Å²) in [5.74, 6) is 0.780. The van der Waals surface area contributed by atoms with Crippen LogP contribution in [-0.4, -0.2) is 31.5 Å². The molecule has 1 aromatic carbocycles. The molecular weight excluding hydrogens is 334 g/mol. The Morgan fingerprint density at radius 2 is 1.96 bits per heavy atom. The van der Waals surface area contributed by atoms with Crippen LogP contribution >= 0.6 is 0 Å². The highest BCUT2D eigenvalue weighted by Gasteiger charge is 2.21. The number of aryl methyl sites for hydroxylation is 1. The summed E-state index contributed by atoms with van der Waals surface area (Å²) in [6.07, 6.45) is 0. The fraction of sp³-hybridized carbons (Fsp3) is 0.474. The molecule has 26 heavy (non-hydrogen) atoms. The summed E-state index contributed by atoms with van der Waals surface area (Å²) >= 11 is 0. The van der Waals surface area contributed by atoms with Gasteiger partial charge < -0.3 is 25.5 Å². The van der Waals surface area contributed by atoms with Gasteiger partial charge in [-0.1, -0.05) is 13.8 Å². The number of fused-ring (bicyclic) bond motifs is 1. The SMILES string of the molecule is COc1ccc2oc(C(C)NC(=O)CNC(=O)[C@@H](N)C(C)C)c(C)c2c1. The lowest BCUT2D eigenvalue weighted by Crippen LogP contribution is -2.47. The lowest BCUT2D eigenvalue weighted by atomic mass is 10.1. The van der Waals surface area contributed by atoms with Gasteiger partial charge in [0.15, 0.2) is 0 Å². The van der Waals surface area contributed by atoms with E-state index in [4.69, 9.17) is 14.9 Å². The minimum atomic E-state index is -0.632. The Bertz CT molecular complexity index is 797. The summed E-state index contributed by atoms with van der Waals surface area (Å²) in [5, 5.41) is 6.33. The van der Waals surface area contributed by atoms with Crippen LogP contribution in [0.25, 0.3) is 11.0 Å². The maximum absolute atomic E-state index is 12.1. The first kappa shape index (κ1) is 19.8. The van der Waals surface area contributed by atoms with Crippen LogP contribution in [0.3, 0.4) is 0 Å². The molecule has 0 radical (unpaired) electrons. The van der Waals surface area contributed by atoms with Crippen molar-refractivity contribution in [3.05, 3.63) is 29.5 Å². The molecule has 1 aromatic heterocycles. The highest BCUT2D eigenvalue weighted by Crippen LogP contribution is 2.31. The second-order valence-corrected chi connectivity index (χ2v) is 6.73. The summed E-state index contributed by atoms with van der Waals surface area (Å²) in [6, 6.07) is 4.60. The zero-order valence-electron chi connectivity index (χ0n) is 15.9. The topological polar surface area (TPSA) is 107 Å². The Hall–Kier alpha value is -2.54. The number of carbonyl (C=O) groups excluding carboxylic acids is 2. The van der Waals surface area contributed by atoms with Gasteiger partial charge in [-0.3, -0.25) is 9.59 Å². The summed E-state index contributed by atoms with van der Waals surface area (Å²) in [5.41, 5.74) is 7.43. The van der Waals surface area contributed by atoms with E-state index in [1.54, 1.807) is 7.11 Å². The second kappa shape index (κ2) is 8.23. The van der Waals surface area contributed by atoms with Gasteiger partial charge in [-0.25, -0.2) is 0 Å². The van der Waals surface area contributed by atoms with Crippen molar-refractivity contribution in [3.8, 4) is 5.75 Å². The summed E-state index contributed by atoms with van der Waals surface area (Å²) in [7, 11) is 1.61. The number of hydrogen-bond donors (Lipinski definition) is 3. The Kier molecular flexibility index (Phi) is 6.26. The monoisotopic (exact) mass is 361 g/mol. The number of methoxy groups -OCH3 is 1. The minimum absolute atomic E-state index is 0.00664. The molecule has 2 aromatic rings. The van der Waals surface area contributed by atoms with Gasteiger partial charge in [0.1, 0.15) is 17.1 Å². The molecule has 142 valence electrons. The molecule has 2 amide bonds. The van der Waals surface area contributed by atoms with E-state index in [0.29, 0.717) is 5.76 Å². The zero-order valence-corrected chi connectivity index (χ0v) is 15.9. The standard InChI is InChI=1S/C19H27N3O4/c1-10(2)17(20)19(24)21-9-16(23)22-12(4)18-11(3)14-8-13(25-5)6-7-15(14)26-18/h6-8,10,12,17H,9,20H2,1-5H3,(H,21,24)(H,22,23)/t12?,17-/m0/s1. The van der Waals surface area contributed by atoms with Crippen molar-refractivity contribution in [2.45, 2.75) is 39.8 Å². The predicted octanol–water partition coefficient (Wildman–Crippen LogP) is 2.03. The molecule has 7 nitrogen and oxygen atoms in total. The van der Waals surface area contributed by atoms with Gasteiger partial charge >= 0.3 is 0 Å². The maximum atomic E-state index is 12.1. The number of benzene rings is 1. The molecule has 4 N–H and O–H groups in total. The van der Waals surface area contributed by atoms with E-state index >= 15 is 0 Å². The van der Waals surface area contributed by atoms with E-state index in [1.165, 1.54) is 0 Å². The number of hydrogen-bond acceptors (Lipinski definition) is 5. The molecule has 0 aliphatic heterocycles. The Morgan fingerprint density at radius 1 is 1.27 bits per heavy atom. The molecule has 1 heterocycles. The van der Waals surface area contributed by atoms with Crippen molar-refractivity contribution >= 4 is 22.8 Å². The molecule has 1 unspecified atom stereocenters. The first-order valence-corrected chi connectivity index (χ1v) is 8.64. The first-order chi connectivity index (χ1) is 12.2. The number of furan rings is 1. The van der Waals surface area contributed by atoms with E-state index in [2.05, 4.69) is 10.6 Å². The summed E-state index contributed by atoms with van der Waals surface area (Å²) in [6.45, 7) is 7.35. The lowest BCUT2D eigenvalue weighted by Gasteiger charge is -2.16. The molecule has 0 saturated heterocycles. The zero-order chi connectivity index (χ0) is 19.4. The molecule has 2 rings (SSSR count). The summed E-state index contributed by atoms with van der Waals surface area (Å²) < 4.78 is 11.1. The smallest absolute Gasteiger partial charge is 0.239 e. The van der Waals surface area contributed by atoms with Gasteiger partial charge in [0.25, 0.3) is 0 Å². The van der Waals surface area contributed by atoms with Crippen LogP contribution in [0.5, 0.6) is 5.75 Å². The van der Waals surface area contributed by atoms with Crippen molar-refractivity contribution in [2.75, 3.05) is 13.7 Å². The molecule has 0 fully saturated rings. The summed E-state index contributed by atoms with van der Waals surface area (Å²) in [4.78, 5) is 24.0. The normalized spacial score (nSPS) is 13.5. The Labute approximate surface area is 153 Å². The third-order valence-corrected chi connectivity index (χ3v) is 4.40. The third-order valence-electron chi connectivity index (χ3n) is 4.40. The van der Waals surface area contributed by atoms with Crippen molar-refractivity contribution in [3.63, 3.8) is 0 Å². The molecule has 0 spiro atoms. The van der Waals surface area contributed by atoms with Crippen molar-refractivity contribution in [1.82, 2.24) is 10.6 Å². The molecule has 0 aliphatic carbocycles. The first-order valence-electron chi connectivity index (χ1n) is 8.64. The van der Waals surface area contributed by atoms with Gasteiger partial charge in [0.05, 0.1) is 25.7 Å². The third kappa shape index (κ3) is 4.35. The average molecular weight is 361 g/mol. The minimum Gasteiger partial charge on any atom is -0.497 e. The number of rotatable bonds is 7. The van der Waals surface area contributed by atoms with Crippen LogP contribution in [0.4, 0.5) is 0 Å². The predicted molar refractivity (Wildman–Crippen MR) is 99.9 cm³/mol. The van der Waals surface area contributed by atoms with E-state index in [1.807, 2.05) is 45.9 Å². The van der Waals surface area contributed by atoms with E-state index in [-0.39, 0.29) is 30.3 Å². The second-order valence-electron chi connectivity index (χ2n) is 6.73. The highest BCUT2D eigenvalue weighted by atomic mass is 16.5. The number of nitrogens with one attached hydrogen (secondary N) is 2.